The van der Waals surface area contributed by atoms with Crippen molar-refractivity contribution in [2.24, 2.45) is 0 Å². The lowest BCUT2D eigenvalue weighted by Gasteiger charge is -2.26. The summed E-state index contributed by atoms with van der Waals surface area (Å²) >= 11 is 0. The smallest absolute Gasteiger partial charge is 0.410 e. The molecule has 1 aliphatic heterocycles. The highest BCUT2D eigenvalue weighted by molar-refractivity contribution is 5.92. The van der Waals surface area contributed by atoms with E-state index in [1.165, 1.54) is 4.90 Å². The minimum absolute atomic E-state index is 0.212. The van der Waals surface area contributed by atoms with Crippen molar-refractivity contribution in [2.75, 3.05) is 32.5 Å². The third kappa shape index (κ3) is 4.09. The fourth-order valence-electron chi connectivity index (χ4n) is 3.23. The molecule has 0 unspecified atom stereocenters. The molecule has 0 spiro atoms. The average Bonchev–Trinajstić information content (AvgIpc) is 3.23. The van der Waals surface area contributed by atoms with Crippen LogP contribution < -0.4 is 10.1 Å². The Labute approximate surface area is 173 Å². The van der Waals surface area contributed by atoms with Crippen molar-refractivity contribution in [3.8, 4) is 5.75 Å². The van der Waals surface area contributed by atoms with Gasteiger partial charge in [0.25, 0.3) is 0 Å². The highest BCUT2D eigenvalue weighted by atomic mass is 16.6. The van der Waals surface area contributed by atoms with Crippen LogP contribution in [0.25, 0.3) is 16.6 Å². The molecule has 1 aromatic carbocycles. The summed E-state index contributed by atoms with van der Waals surface area (Å²) in [4.78, 5) is 39.1. The van der Waals surface area contributed by atoms with Gasteiger partial charge in [0, 0.05) is 50.5 Å². The van der Waals surface area contributed by atoms with Gasteiger partial charge in [-0.3, -0.25) is 0 Å². The summed E-state index contributed by atoms with van der Waals surface area (Å²) in [7, 11) is 3.21. The molecular formula is C21H22N6O3. The minimum Gasteiger partial charge on any atom is -0.410 e. The van der Waals surface area contributed by atoms with Gasteiger partial charge in [-0.05, 0) is 30.2 Å². The van der Waals surface area contributed by atoms with Crippen molar-refractivity contribution >= 4 is 34.4 Å². The number of nitrogens with zero attached hydrogens (tertiary/aromatic N) is 4. The van der Waals surface area contributed by atoms with Crippen molar-refractivity contribution in [1.29, 1.82) is 0 Å². The number of carbonyl (C=O) groups excluding carboxylic acids is 2. The maximum Gasteiger partial charge on any atom is 0.414 e. The van der Waals surface area contributed by atoms with Gasteiger partial charge in [0.15, 0.2) is 0 Å². The van der Waals surface area contributed by atoms with E-state index in [1.54, 1.807) is 49.6 Å². The van der Waals surface area contributed by atoms with Crippen molar-refractivity contribution in [3.05, 3.63) is 54.6 Å². The predicted octanol–water partition coefficient (Wildman–Crippen LogP) is 3.34. The molecule has 9 nitrogen and oxygen atoms in total. The Morgan fingerprint density at radius 2 is 2.10 bits per heavy atom. The number of aromatic nitrogens is 3. The molecule has 0 radical (unpaired) electrons. The number of carbonyl (C=O) groups is 2. The van der Waals surface area contributed by atoms with Gasteiger partial charge in [-0.2, -0.15) is 0 Å². The van der Waals surface area contributed by atoms with Crippen LogP contribution in [0.5, 0.6) is 5.75 Å². The van der Waals surface area contributed by atoms with Crippen molar-refractivity contribution < 1.29 is 14.3 Å². The van der Waals surface area contributed by atoms with Gasteiger partial charge < -0.3 is 24.8 Å². The van der Waals surface area contributed by atoms with Crippen molar-refractivity contribution in [1.82, 2.24) is 24.8 Å². The van der Waals surface area contributed by atoms with Gasteiger partial charge >= 0.3 is 12.1 Å². The average molecular weight is 406 g/mol. The van der Waals surface area contributed by atoms with Crippen LogP contribution in [0.15, 0.2) is 48.9 Å². The number of hydrogen-bond acceptors (Lipinski definition) is 5. The van der Waals surface area contributed by atoms with Crippen molar-refractivity contribution in [2.45, 2.75) is 6.42 Å². The lowest BCUT2D eigenvalue weighted by atomic mass is 10.0. The molecule has 3 amide bonds. The molecule has 3 aromatic rings. The van der Waals surface area contributed by atoms with E-state index in [-0.39, 0.29) is 6.03 Å². The molecule has 2 aromatic heterocycles. The van der Waals surface area contributed by atoms with Gasteiger partial charge in [-0.15, -0.1) is 0 Å². The first-order chi connectivity index (χ1) is 14.5. The van der Waals surface area contributed by atoms with Crippen LogP contribution in [0.2, 0.25) is 0 Å². The Kier molecular flexibility index (Phi) is 5.34. The van der Waals surface area contributed by atoms with Gasteiger partial charge in [0.2, 0.25) is 0 Å². The van der Waals surface area contributed by atoms with Crippen LogP contribution in [0.3, 0.4) is 0 Å². The summed E-state index contributed by atoms with van der Waals surface area (Å²) in [6, 6.07) is 8.50. The van der Waals surface area contributed by atoms with Crippen LogP contribution in [0, 0.1) is 0 Å². The maximum atomic E-state index is 12.7. The molecule has 0 saturated carbocycles. The number of urea groups is 1. The molecule has 0 fully saturated rings. The van der Waals surface area contributed by atoms with E-state index >= 15 is 0 Å². The number of aromatic amines is 1. The summed E-state index contributed by atoms with van der Waals surface area (Å²) in [5, 5.41) is 3.83. The fraction of sp³-hybridized carbons (Fsp3) is 0.238. The second kappa shape index (κ2) is 8.24. The third-order valence-corrected chi connectivity index (χ3v) is 4.81. The number of H-pyrrole nitrogens is 1. The standard InChI is InChI=1S/C21H22N6O3/c1-26(2)21(29)30-16-5-3-4-15(12-16)25-20(28)27-10-7-14(8-11-27)18-17-6-9-22-19(17)24-13-23-18/h3-7,9,12-13H,8,10-11H2,1-2H3,(H,25,28)(H,22,23,24). The van der Waals surface area contributed by atoms with E-state index in [2.05, 4.69) is 20.3 Å². The number of anilines is 1. The molecule has 0 bridgehead atoms. The Morgan fingerprint density at radius 3 is 2.87 bits per heavy atom. The second-order valence-corrected chi connectivity index (χ2v) is 7.11. The SMILES string of the molecule is CN(C)C(=O)Oc1cccc(NC(=O)N2CC=C(c3ncnc4[nH]ccc34)CC2)c1. The van der Waals surface area contributed by atoms with E-state index in [0.717, 1.165) is 22.3 Å². The van der Waals surface area contributed by atoms with Crippen LogP contribution >= 0.6 is 0 Å². The molecule has 2 N–H and O–H groups in total. The normalized spacial score (nSPS) is 13.7. The summed E-state index contributed by atoms with van der Waals surface area (Å²) in [6.45, 7) is 1.05. The number of nitrogens with one attached hydrogen (secondary N) is 2. The topological polar surface area (TPSA) is 103 Å². The van der Waals surface area contributed by atoms with Crippen LogP contribution in [-0.4, -0.2) is 64.1 Å². The quantitative estimate of drug-likeness (QED) is 0.694. The molecule has 154 valence electrons. The highest BCUT2D eigenvalue weighted by Gasteiger charge is 2.20. The Morgan fingerprint density at radius 1 is 1.23 bits per heavy atom. The molecule has 1 aliphatic rings. The Bertz CT molecular complexity index is 1120. The third-order valence-electron chi connectivity index (χ3n) is 4.81. The zero-order chi connectivity index (χ0) is 21.1. The summed E-state index contributed by atoms with van der Waals surface area (Å²) in [6.07, 6.45) is 5.63. The summed E-state index contributed by atoms with van der Waals surface area (Å²) in [5.41, 5.74) is 3.36. The lowest BCUT2D eigenvalue weighted by Crippen LogP contribution is -2.38. The largest absolute Gasteiger partial charge is 0.414 e. The number of fused-ring (bicyclic) bond motifs is 1. The van der Waals surface area contributed by atoms with Crippen molar-refractivity contribution in [3.63, 3.8) is 0 Å². The van der Waals surface area contributed by atoms with Gasteiger partial charge in [-0.25, -0.2) is 19.6 Å². The zero-order valence-corrected chi connectivity index (χ0v) is 16.8. The van der Waals surface area contributed by atoms with E-state index in [1.807, 2.05) is 18.3 Å². The second-order valence-electron chi connectivity index (χ2n) is 7.11. The molecule has 9 heteroatoms. The minimum atomic E-state index is -0.478. The molecule has 0 saturated heterocycles. The maximum absolute atomic E-state index is 12.7. The van der Waals surface area contributed by atoms with E-state index in [9.17, 15) is 9.59 Å². The first kappa shape index (κ1) is 19.4. The first-order valence-corrected chi connectivity index (χ1v) is 9.54. The summed E-state index contributed by atoms with van der Waals surface area (Å²) in [5.74, 6) is 0.367. The zero-order valence-electron chi connectivity index (χ0n) is 16.8. The molecular weight excluding hydrogens is 384 g/mol. The van der Waals surface area contributed by atoms with Crippen LogP contribution in [-0.2, 0) is 0 Å². The number of hydrogen-bond donors (Lipinski definition) is 2. The number of amides is 3. The van der Waals surface area contributed by atoms with E-state index in [0.29, 0.717) is 30.9 Å². The predicted molar refractivity (Wildman–Crippen MR) is 113 cm³/mol. The molecule has 4 rings (SSSR count). The first-order valence-electron chi connectivity index (χ1n) is 9.54. The Balaban J connectivity index is 1.41. The molecule has 0 atom stereocenters. The number of benzene rings is 1. The summed E-state index contributed by atoms with van der Waals surface area (Å²) < 4.78 is 5.23. The van der Waals surface area contributed by atoms with Gasteiger partial charge in [0.05, 0.1) is 5.69 Å². The van der Waals surface area contributed by atoms with Crippen LogP contribution in [0.4, 0.5) is 15.3 Å². The Hall–Kier alpha value is -3.88. The monoisotopic (exact) mass is 406 g/mol. The highest BCUT2D eigenvalue weighted by Crippen LogP contribution is 2.26. The van der Waals surface area contributed by atoms with E-state index < -0.39 is 6.09 Å². The van der Waals surface area contributed by atoms with Gasteiger partial charge in [-0.1, -0.05) is 12.1 Å². The molecule has 3 heterocycles. The van der Waals surface area contributed by atoms with E-state index in [4.69, 9.17) is 4.74 Å². The number of rotatable bonds is 3. The molecule has 30 heavy (non-hydrogen) atoms. The lowest BCUT2D eigenvalue weighted by molar-refractivity contribution is 0.172. The molecule has 0 aliphatic carbocycles. The fourth-order valence-corrected chi connectivity index (χ4v) is 3.23. The van der Waals surface area contributed by atoms with Crippen LogP contribution in [0.1, 0.15) is 12.1 Å². The number of ether oxygens (including phenoxy) is 1. The van der Waals surface area contributed by atoms with Gasteiger partial charge in [0.1, 0.15) is 17.7 Å².